The molecule has 11 heteroatoms. The fraction of sp³-hybridized carbons (Fsp3) is 0.647. The maximum absolute atomic E-state index is 13.0. The second kappa shape index (κ2) is 10.4. The van der Waals surface area contributed by atoms with Crippen LogP contribution in [-0.2, 0) is 33.4 Å². The molecule has 0 saturated carbocycles. The van der Waals surface area contributed by atoms with Crippen molar-refractivity contribution in [3.05, 3.63) is 0 Å². The Morgan fingerprint density at radius 1 is 0.964 bits per heavy atom. The minimum atomic E-state index is -1.92. The van der Waals surface area contributed by atoms with Crippen LogP contribution in [0.25, 0.3) is 0 Å². The lowest BCUT2D eigenvalue weighted by Gasteiger charge is -2.39. The summed E-state index contributed by atoms with van der Waals surface area (Å²) in [6, 6.07) is -1.01. The molecular weight excluding hydrogens is 376 g/mol. The first kappa shape index (κ1) is 23.1. The normalized spacial score (nSPS) is 19.2. The molecule has 1 aliphatic rings. The van der Waals surface area contributed by atoms with Gasteiger partial charge in [-0.25, -0.2) is 4.79 Å². The number of carbonyl (C=O) groups is 6. The summed E-state index contributed by atoms with van der Waals surface area (Å²) in [6.45, 7) is 3.07. The predicted molar refractivity (Wildman–Crippen MR) is 91.7 cm³/mol. The summed E-state index contributed by atoms with van der Waals surface area (Å²) in [5.74, 6) is -4.46. The van der Waals surface area contributed by atoms with Gasteiger partial charge < -0.3 is 14.6 Å². The number of nitrogens with one attached hydrogen (secondary N) is 1. The second-order valence-corrected chi connectivity index (χ2v) is 6.05. The number of imide groups is 2. The molecule has 2 N–H and O–H groups in total. The van der Waals surface area contributed by atoms with Crippen molar-refractivity contribution in [3.63, 3.8) is 0 Å². The first-order valence-electron chi connectivity index (χ1n) is 8.88. The number of nitrogens with zero attached hydrogens (tertiary/aromatic N) is 1. The molecule has 0 aliphatic carbocycles. The number of rotatable bonds is 11. The zero-order valence-corrected chi connectivity index (χ0v) is 15.8. The topological polar surface area (TPSA) is 156 Å². The van der Waals surface area contributed by atoms with Crippen molar-refractivity contribution in [3.8, 4) is 0 Å². The minimum absolute atomic E-state index is 0.102. The van der Waals surface area contributed by atoms with Gasteiger partial charge in [-0.3, -0.25) is 34.2 Å². The molecule has 0 radical (unpaired) electrons. The summed E-state index contributed by atoms with van der Waals surface area (Å²) in [5, 5.41) is 11.0. The summed E-state index contributed by atoms with van der Waals surface area (Å²) in [4.78, 5) is 72.4. The van der Waals surface area contributed by atoms with Crippen LogP contribution in [0.5, 0.6) is 0 Å². The molecule has 0 aromatic heterocycles. The number of hydrogen-bond donors (Lipinski definition) is 2. The van der Waals surface area contributed by atoms with Gasteiger partial charge in [0.15, 0.2) is 0 Å². The molecule has 1 heterocycles. The van der Waals surface area contributed by atoms with Gasteiger partial charge in [-0.05, 0) is 26.7 Å². The molecular formula is C17H24N2O9. The van der Waals surface area contributed by atoms with Crippen LogP contribution in [0.3, 0.4) is 0 Å². The molecule has 156 valence electrons. The van der Waals surface area contributed by atoms with E-state index in [9.17, 15) is 28.8 Å². The van der Waals surface area contributed by atoms with Crippen LogP contribution in [0.2, 0.25) is 0 Å². The molecule has 28 heavy (non-hydrogen) atoms. The van der Waals surface area contributed by atoms with Gasteiger partial charge in [0, 0.05) is 19.4 Å². The van der Waals surface area contributed by atoms with Crippen LogP contribution in [-0.4, -0.2) is 65.5 Å². The van der Waals surface area contributed by atoms with Gasteiger partial charge in [0.05, 0.1) is 19.6 Å². The molecule has 0 aromatic carbocycles. The standard InChI is InChI=1S/C17H24N2O9/c1-3-27-12(22)6-9-17(8-5-11(20)21)14(24)18-16(26)19(15(17)25)10-7-13(23)28-4-2/h3-10H2,1-2H3,(H,20,21)(H,18,24,26). The van der Waals surface area contributed by atoms with Crippen molar-refractivity contribution >= 4 is 35.8 Å². The lowest BCUT2D eigenvalue weighted by atomic mass is 9.75. The van der Waals surface area contributed by atoms with Gasteiger partial charge in [-0.1, -0.05) is 0 Å². The zero-order chi connectivity index (χ0) is 21.3. The molecule has 1 aliphatic heterocycles. The van der Waals surface area contributed by atoms with Crippen LogP contribution in [0.1, 0.15) is 46.0 Å². The quantitative estimate of drug-likeness (QED) is 0.365. The molecule has 11 nitrogen and oxygen atoms in total. The summed E-state index contributed by atoms with van der Waals surface area (Å²) < 4.78 is 9.53. The largest absolute Gasteiger partial charge is 0.481 e. The SMILES string of the molecule is CCOC(=O)CCN1C(=O)NC(=O)C(CCC(=O)O)(CCC(=O)OCC)C1=O. The van der Waals surface area contributed by atoms with Crippen molar-refractivity contribution < 1.29 is 43.3 Å². The van der Waals surface area contributed by atoms with Gasteiger partial charge in [-0.15, -0.1) is 0 Å². The molecule has 4 amide bonds. The molecule has 1 atom stereocenters. The van der Waals surface area contributed by atoms with Gasteiger partial charge in [0.1, 0.15) is 5.41 Å². The third-order valence-corrected chi connectivity index (χ3v) is 4.23. The van der Waals surface area contributed by atoms with E-state index in [-0.39, 0.29) is 39.0 Å². The Morgan fingerprint density at radius 2 is 1.50 bits per heavy atom. The number of carboxylic acid groups (broad SMARTS) is 1. The Balaban J connectivity index is 3.07. The number of carboxylic acids is 1. The van der Waals surface area contributed by atoms with E-state index in [4.69, 9.17) is 14.6 Å². The van der Waals surface area contributed by atoms with Gasteiger partial charge in [0.25, 0.3) is 0 Å². The van der Waals surface area contributed by atoms with Crippen molar-refractivity contribution in [2.75, 3.05) is 19.8 Å². The Bertz CT molecular complexity index is 661. The number of ether oxygens (including phenoxy) is 2. The number of amides is 4. The van der Waals surface area contributed by atoms with E-state index in [2.05, 4.69) is 0 Å². The first-order chi connectivity index (χ1) is 13.2. The van der Waals surface area contributed by atoms with E-state index >= 15 is 0 Å². The average molecular weight is 400 g/mol. The van der Waals surface area contributed by atoms with Gasteiger partial charge >= 0.3 is 23.9 Å². The lowest BCUT2D eigenvalue weighted by molar-refractivity contribution is -0.154. The maximum Gasteiger partial charge on any atom is 0.330 e. The van der Waals surface area contributed by atoms with E-state index in [0.717, 1.165) is 0 Å². The van der Waals surface area contributed by atoms with Crippen molar-refractivity contribution in [1.82, 2.24) is 10.2 Å². The third kappa shape index (κ3) is 5.76. The Labute approximate surface area is 161 Å². The fourth-order valence-electron chi connectivity index (χ4n) is 2.81. The van der Waals surface area contributed by atoms with Crippen molar-refractivity contribution in [2.24, 2.45) is 5.41 Å². The van der Waals surface area contributed by atoms with Crippen molar-refractivity contribution in [1.29, 1.82) is 0 Å². The smallest absolute Gasteiger partial charge is 0.330 e. The van der Waals surface area contributed by atoms with Crippen LogP contribution in [0.15, 0.2) is 0 Å². The van der Waals surface area contributed by atoms with Crippen LogP contribution >= 0.6 is 0 Å². The Morgan fingerprint density at radius 3 is 2.04 bits per heavy atom. The molecule has 0 aromatic rings. The third-order valence-electron chi connectivity index (χ3n) is 4.23. The highest BCUT2D eigenvalue weighted by Gasteiger charge is 2.53. The number of aliphatic carboxylic acids is 1. The molecule has 1 fully saturated rings. The molecule has 0 spiro atoms. The van der Waals surface area contributed by atoms with Crippen LogP contribution < -0.4 is 5.32 Å². The molecule has 1 unspecified atom stereocenters. The Kier molecular flexibility index (Phi) is 8.55. The van der Waals surface area contributed by atoms with Gasteiger partial charge in [0.2, 0.25) is 11.8 Å². The van der Waals surface area contributed by atoms with Crippen LogP contribution in [0.4, 0.5) is 4.79 Å². The number of esters is 2. The average Bonchev–Trinajstić information content (AvgIpc) is 2.61. The predicted octanol–water partition coefficient (Wildman–Crippen LogP) is 0.213. The summed E-state index contributed by atoms with van der Waals surface area (Å²) in [6.07, 6.45) is -1.86. The summed E-state index contributed by atoms with van der Waals surface area (Å²) in [5.41, 5.74) is -1.92. The minimum Gasteiger partial charge on any atom is -0.481 e. The number of urea groups is 1. The van der Waals surface area contributed by atoms with E-state index < -0.39 is 54.0 Å². The highest BCUT2D eigenvalue weighted by atomic mass is 16.5. The Hall–Kier alpha value is -2.98. The molecule has 0 bridgehead atoms. The number of barbiturate groups is 1. The number of carbonyl (C=O) groups excluding carboxylic acids is 5. The van der Waals surface area contributed by atoms with Crippen molar-refractivity contribution in [2.45, 2.75) is 46.0 Å². The van der Waals surface area contributed by atoms with E-state index in [1.165, 1.54) is 0 Å². The lowest BCUT2D eigenvalue weighted by Crippen LogP contribution is -2.64. The molecule has 1 rings (SSSR count). The summed E-state index contributed by atoms with van der Waals surface area (Å²) in [7, 11) is 0. The molecule has 1 saturated heterocycles. The first-order valence-corrected chi connectivity index (χ1v) is 8.88. The fourth-order valence-corrected chi connectivity index (χ4v) is 2.81. The highest BCUT2D eigenvalue weighted by Crippen LogP contribution is 2.35. The highest BCUT2D eigenvalue weighted by molar-refractivity contribution is 6.19. The number of hydrogen-bond acceptors (Lipinski definition) is 8. The van der Waals surface area contributed by atoms with E-state index in [1.54, 1.807) is 13.8 Å². The zero-order valence-electron chi connectivity index (χ0n) is 15.8. The second-order valence-electron chi connectivity index (χ2n) is 6.05. The monoisotopic (exact) mass is 400 g/mol. The summed E-state index contributed by atoms with van der Waals surface area (Å²) >= 11 is 0. The van der Waals surface area contributed by atoms with Gasteiger partial charge in [-0.2, -0.15) is 0 Å². The van der Waals surface area contributed by atoms with Crippen LogP contribution in [0, 0.1) is 5.41 Å². The maximum atomic E-state index is 13.0. The van der Waals surface area contributed by atoms with E-state index in [1.807, 2.05) is 5.32 Å². The van der Waals surface area contributed by atoms with E-state index in [0.29, 0.717) is 4.90 Å².